The highest BCUT2D eigenvalue weighted by Crippen LogP contribution is 2.29. The van der Waals surface area contributed by atoms with Crippen LogP contribution >= 0.6 is 0 Å². The van der Waals surface area contributed by atoms with E-state index in [-0.39, 0.29) is 6.10 Å². The maximum absolute atomic E-state index is 9.53. The Labute approximate surface area is 94.7 Å². The Morgan fingerprint density at radius 3 is 2.00 bits per heavy atom. The number of aliphatic hydroxyl groups excluding tert-OH is 1. The molecule has 1 rings (SSSR count). The van der Waals surface area contributed by atoms with Gasteiger partial charge in [0, 0.05) is 18.6 Å². The van der Waals surface area contributed by atoms with Crippen LogP contribution in [0.5, 0.6) is 0 Å². The van der Waals surface area contributed by atoms with E-state index in [2.05, 4.69) is 25.7 Å². The molecule has 0 radical (unpaired) electrons. The molecule has 1 N–H and O–H groups in total. The molecule has 0 aromatic heterocycles. The van der Waals surface area contributed by atoms with E-state index in [0.717, 1.165) is 25.9 Å². The molecule has 0 bridgehead atoms. The second-order valence-electron chi connectivity index (χ2n) is 5.22. The molecular weight excluding hydrogens is 186 g/mol. The molecule has 90 valence electrons. The van der Waals surface area contributed by atoms with Crippen molar-refractivity contribution in [1.29, 1.82) is 0 Å². The van der Waals surface area contributed by atoms with E-state index in [9.17, 15) is 5.11 Å². The van der Waals surface area contributed by atoms with E-state index in [1.54, 1.807) is 0 Å². The third kappa shape index (κ3) is 3.46. The van der Waals surface area contributed by atoms with Gasteiger partial charge in [-0.15, -0.1) is 0 Å². The van der Waals surface area contributed by atoms with E-state index < -0.39 is 0 Å². The largest absolute Gasteiger partial charge is 0.393 e. The maximum Gasteiger partial charge on any atom is 0.0564 e. The van der Waals surface area contributed by atoms with Crippen molar-refractivity contribution in [3.05, 3.63) is 0 Å². The molecule has 1 aliphatic heterocycles. The molecule has 2 nitrogen and oxygen atoms in total. The van der Waals surface area contributed by atoms with E-state index in [0.29, 0.717) is 5.54 Å². The third-order valence-electron chi connectivity index (χ3n) is 3.81. The van der Waals surface area contributed by atoms with Gasteiger partial charge in [-0.2, -0.15) is 0 Å². The second kappa shape index (κ2) is 5.86. The molecule has 1 heterocycles. The first kappa shape index (κ1) is 13.0. The monoisotopic (exact) mass is 213 g/mol. The predicted molar refractivity (Wildman–Crippen MR) is 65.0 cm³/mol. The quantitative estimate of drug-likeness (QED) is 0.759. The topological polar surface area (TPSA) is 23.5 Å². The Bertz CT molecular complexity index is 167. The molecule has 2 heteroatoms. The zero-order chi connectivity index (χ0) is 11.3. The molecule has 1 fully saturated rings. The molecule has 0 aromatic rings. The van der Waals surface area contributed by atoms with E-state index in [1.807, 2.05) is 0 Å². The number of hydrogen-bond acceptors (Lipinski definition) is 2. The third-order valence-corrected chi connectivity index (χ3v) is 3.81. The molecule has 15 heavy (non-hydrogen) atoms. The molecule has 1 saturated heterocycles. The fraction of sp³-hybridized carbons (Fsp3) is 1.00. The summed E-state index contributed by atoms with van der Waals surface area (Å²) in [5, 5.41) is 9.53. The Balaban J connectivity index is 2.55. The van der Waals surface area contributed by atoms with Crippen LogP contribution in [0.4, 0.5) is 0 Å². The van der Waals surface area contributed by atoms with Crippen LogP contribution in [-0.4, -0.2) is 34.7 Å². The van der Waals surface area contributed by atoms with Gasteiger partial charge in [0.15, 0.2) is 0 Å². The summed E-state index contributed by atoms with van der Waals surface area (Å²) in [5.41, 5.74) is 0.379. The van der Waals surface area contributed by atoms with Gasteiger partial charge in [-0.3, -0.25) is 4.90 Å². The van der Waals surface area contributed by atoms with Crippen LogP contribution in [0.15, 0.2) is 0 Å². The molecule has 1 aliphatic rings. The van der Waals surface area contributed by atoms with Crippen molar-refractivity contribution in [2.45, 2.75) is 70.9 Å². The Kier molecular flexibility index (Phi) is 5.07. The second-order valence-corrected chi connectivity index (χ2v) is 5.22. The Morgan fingerprint density at radius 2 is 1.60 bits per heavy atom. The molecular formula is C13H27NO. The van der Waals surface area contributed by atoms with Crippen molar-refractivity contribution in [2.24, 2.45) is 0 Å². The smallest absolute Gasteiger partial charge is 0.0564 e. The van der Waals surface area contributed by atoms with Crippen LogP contribution in [-0.2, 0) is 0 Å². The Hall–Kier alpha value is -0.0800. The molecule has 0 atom stereocenters. The van der Waals surface area contributed by atoms with Crippen LogP contribution < -0.4 is 0 Å². The van der Waals surface area contributed by atoms with Gasteiger partial charge in [0.25, 0.3) is 0 Å². The lowest BCUT2D eigenvalue weighted by molar-refractivity contribution is 0.0138. The van der Waals surface area contributed by atoms with Crippen LogP contribution in [0.25, 0.3) is 0 Å². The molecule has 0 unspecified atom stereocenters. The van der Waals surface area contributed by atoms with Gasteiger partial charge in [-0.1, -0.05) is 26.7 Å². The SMILES string of the molecule is CCCC(C)(CCC)N1CCC(O)CC1. The first-order chi connectivity index (χ1) is 7.12. The van der Waals surface area contributed by atoms with Gasteiger partial charge in [-0.05, 0) is 32.6 Å². The lowest BCUT2D eigenvalue weighted by Crippen LogP contribution is -2.50. The standard InChI is InChI=1S/C13H27NO/c1-4-8-13(3,9-5-2)14-10-6-12(15)7-11-14/h12,15H,4-11H2,1-3H3. The number of piperidine rings is 1. The van der Waals surface area contributed by atoms with Gasteiger partial charge in [0.1, 0.15) is 0 Å². The summed E-state index contributed by atoms with van der Waals surface area (Å²) >= 11 is 0. The van der Waals surface area contributed by atoms with E-state index in [1.165, 1.54) is 25.7 Å². The zero-order valence-corrected chi connectivity index (χ0v) is 10.6. The minimum absolute atomic E-state index is 0.0475. The number of rotatable bonds is 5. The first-order valence-corrected chi connectivity index (χ1v) is 6.55. The number of hydrogen-bond donors (Lipinski definition) is 1. The molecule has 0 amide bonds. The molecule has 0 saturated carbocycles. The number of likely N-dealkylation sites (tertiary alicyclic amines) is 1. The fourth-order valence-electron chi connectivity index (χ4n) is 2.92. The van der Waals surface area contributed by atoms with Crippen LogP contribution in [0.1, 0.15) is 59.3 Å². The summed E-state index contributed by atoms with van der Waals surface area (Å²) < 4.78 is 0. The lowest BCUT2D eigenvalue weighted by Gasteiger charge is -2.44. The normalized spacial score (nSPS) is 20.8. The maximum atomic E-state index is 9.53. The predicted octanol–water partition coefficient (Wildman–Crippen LogP) is 2.80. The summed E-state index contributed by atoms with van der Waals surface area (Å²) in [4.78, 5) is 2.60. The van der Waals surface area contributed by atoms with Gasteiger partial charge >= 0.3 is 0 Å². The van der Waals surface area contributed by atoms with Gasteiger partial charge < -0.3 is 5.11 Å². The summed E-state index contributed by atoms with van der Waals surface area (Å²) in [5.74, 6) is 0. The van der Waals surface area contributed by atoms with Crippen molar-refractivity contribution < 1.29 is 5.11 Å². The van der Waals surface area contributed by atoms with Crippen molar-refractivity contribution in [1.82, 2.24) is 4.90 Å². The van der Waals surface area contributed by atoms with Crippen molar-refractivity contribution in [3.63, 3.8) is 0 Å². The summed E-state index contributed by atoms with van der Waals surface area (Å²) in [6.45, 7) is 9.10. The Morgan fingerprint density at radius 1 is 1.13 bits per heavy atom. The average molecular weight is 213 g/mol. The highest BCUT2D eigenvalue weighted by molar-refractivity contribution is 4.88. The van der Waals surface area contributed by atoms with Crippen LogP contribution in [0.3, 0.4) is 0 Å². The summed E-state index contributed by atoms with van der Waals surface area (Å²) in [6.07, 6.45) is 6.97. The molecule has 0 aliphatic carbocycles. The average Bonchev–Trinajstić information content (AvgIpc) is 2.19. The highest BCUT2D eigenvalue weighted by Gasteiger charge is 2.32. The van der Waals surface area contributed by atoms with Crippen molar-refractivity contribution in [3.8, 4) is 0 Å². The van der Waals surface area contributed by atoms with Crippen molar-refractivity contribution >= 4 is 0 Å². The summed E-state index contributed by atoms with van der Waals surface area (Å²) in [6, 6.07) is 0. The number of aliphatic hydroxyl groups is 1. The molecule has 0 spiro atoms. The summed E-state index contributed by atoms with van der Waals surface area (Å²) in [7, 11) is 0. The highest BCUT2D eigenvalue weighted by atomic mass is 16.3. The number of nitrogens with zero attached hydrogens (tertiary/aromatic N) is 1. The minimum Gasteiger partial charge on any atom is -0.393 e. The van der Waals surface area contributed by atoms with Gasteiger partial charge in [0.2, 0.25) is 0 Å². The van der Waals surface area contributed by atoms with Crippen LogP contribution in [0.2, 0.25) is 0 Å². The molecule has 0 aromatic carbocycles. The van der Waals surface area contributed by atoms with Gasteiger partial charge in [-0.25, -0.2) is 0 Å². The lowest BCUT2D eigenvalue weighted by atomic mass is 9.87. The van der Waals surface area contributed by atoms with E-state index >= 15 is 0 Å². The van der Waals surface area contributed by atoms with E-state index in [4.69, 9.17) is 0 Å². The fourth-order valence-corrected chi connectivity index (χ4v) is 2.92. The zero-order valence-electron chi connectivity index (χ0n) is 10.6. The van der Waals surface area contributed by atoms with Gasteiger partial charge in [0.05, 0.1) is 6.10 Å². The minimum atomic E-state index is -0.0475. The van der Waals surface area contributed by atoms with Crippen LogP contribution in [0, 0.1) is 0 Å². The van der Waals surface area contributed by atoms with Crippen molar-refractivity contribution in [2.75, 3.05) is 13.1 Å². The first-order valence-electron chi connectivity index (χ1n) is 6.55.